The number of rotatable bonds is 1. The number of benzene rings is 1. The van der Waals surface area contributed by atoms with Crippen molar-refractivity contribution in [3.63, 3.8) is 0 Å². The van der Waals surface area contributed by atoms with E-state index in [1.165, 1.54) is 6.33 Å². The van der Waals surface area contributed by atoms with Gasteiger partial charge in [-0.05, 0) is 38.5 Å². The zero-order valence-electron chi connectivity index (χ0n) is 12.3. The molecule has 0 atom stereocenters. The van der Waals surface area contributed by atoms with Crippen LogP contribution in [0.2, 0.25) is 0 Å². The molecule has 3 aromatic rings. The lowest BCUT2D eigenvalue weighted by Crippen LogP contribution is -2.21. The van der Waals surface area contributed by atoms with Gasteiger partial charge in [0.25, 0.3) is 0 Å². The van der Waals surface area contributed by atoms with Gasteiger partial charge in [-0.2, -0.15) is 0 Å². The van der Waals surface area contributed by atoms with Gasteiger partial charge in [0.1, 0.15) is 23.5 Å². The number of nitrogens with zero attached hydrogens (tertiary/aromatic N) is 3. The van der Waals surface area contributed by atoms with Gasteiger partial charge < -0.3 is 15.4 Å². The number of fused-ring (bicyclic) bond motifs is 1. The van der Waals surface area contributed by atoms with E-state index in [1.54, 1.807) is 12.1 Å². The summed E-state index contributed by atoms with van der Waals surface area (Å²) in [5.41, 5.74) is 8.71. The second-order valence-corrected chi connectivity index (χ2v) is 6.09. The highest BCUT2D eigenvalue weighted by Crippen LogP contribution is 2.35. The summed E-state index contributed by atoms with van der Waals surface area (Å²) >= 11 is 0. The van der Waals surface area contributed by atoms with Crippen LogP contribution >= 0.6 is 0 Å². The molecule has 0 saturated carbocycles. The largest absolute Gasteiger partial charge is 0.508 e. The summed E-state index contributed by atoms with van der Waals surface area (Å²) in [5, 5.41) is 10.3. The van der Waals surface area contributed by atoms with E-state index in [9.17, 15) is 5.11 Å². The zero-order valence-corrected chi connectivity index (χ0v) is 12.3. The fraction of sp³-hybridized carbons (Fsp3) is 0.250. The smallest absolute Gasteiger partial charge is 0.146 e. The number of nitrogen functional groups attached to an aromatic ring is 1. The Morgan fingerprint density at radius 3 is 2.38 bits per heavy atom. The highest BCUT2D eigenvalue weighted by molar-refractivity contribution is 6.00. The molecule has 21 heavy (non-hydrogen) atoms. The maximum atomic E-state index is 9.45. The molecule has 108 valence electrons. The number of anilines is 1. The molecule has 3 N–H and O–H groups in total. The van der Waals surface area contributed by atoms with Gasteiger partial charge in [-0.15, -0.1) is 0 Å². The molecule has 0 radical (unpaired) electrons. The lowest BCUT2D eigenvalue weighted by Gasteiger charge is -2.21. The number of aromatic nitrogens is 3. The van der Waals surface area contributed by atoms with E-state index >= 15 is 0 Å². The number of phenolic OH excluding ortho intramolecular Hbond substituents is 1. The van der Waals surface area contributed by atoms with Crippen molar-refractivity contribution in [2.45, 2.75) is 26.3 Å². The van der Waals surface area contributed by atoms with Crippen LogP contribution in [0.5, 0.6) is 5.75 Å². The molecular formula is C16H18N4O. The van der Waals surface area contributed by atoms with Crippen LogP contribution in [0.3, 0.4) is 0 Å². The van der Waals surface area contributed by atoms with Gasteiger partial charge >= 0.3 is 0 Å². The summed E-state index contributed by atoms with van der Waals surface area (Å²) in [6, 6.07) is 7.05. The van der Waals surface area contributed by atoms with Crippen LogP contribution in [0.1, 0.15) is 20.8 Å². The third-order valence-electron chi connectivity index (χ3n) is 3.51. The van der Waals surface area contributed by atoms with Gasteiger partial charge in [0.05, 0.1) is 5.39 Å². The van der Waals surface area contributed by atoms with Crippen molar-refractivity contribution in [3.8, 4) is 16.9 Å². The average molecular weight is 282 g/mol. The summed E-state index contributed by atoms with van der Waals surface area (Å²) in [6.07, 6.45) is 3.53. The zero-order chi connectivity index (χ0) is 15.2. The topological polar surface area (TPSA) is 77.0 Å². The molecule has 5 nitrogen and oxygen atoms in total. The third-order valence-corrected chi connectivity index (χ3v) is 3.51. The number of phenols is 1. The van der Waals surface area contributed by atoms with E-state index in [-0.39, 0.29) is 11.3 Å². The Morgan fingerprint density at radius 1 is 1.10 bits per heavy atom. The van der Waals surface area contributed by atoms with E-state index in [2.05, 4.69) is 35.3 Å². The number of aromatic hydroxyl groups is 1. The first kappa shape index (κ1) is 13.4. The Labute approximate surface area is 123 Å². The van der Waals surface area contributed by atoms with Crippen molar-refractivity contribution in [1.82, 2.24) is 14.5 Å². The first-order valence-corrected chi connectivity index (χ1v) is 6.79. The van der Waals surface area contributed by atoms with Gasteiger partial charge in [-0.3, -0.25) is 0 Å². The molecule has 5 heteroatoms. The Bertz CT molecular complexity index is 797. The van der Waals surface area contributed by atoms with Gasteiger partial charge in [-0.1, -0.05) is 12.1 Å². The van der Waals surface area contributed by atoms with Crippen LogP contribution in [-0.2, 0) is 5.54 Å². The Balaban J connectivity index is 2.35. The lowest BCUT2D eigenvalue weighted by atomic mass is 10.1. The monoisotopic (exact) mass is 282 g/mol. The van der Waals surface area contributed by atoms with Crippen molar-refractivity contribution in [1.29, 1.82) is 0 Å². The van der Waals surface area contributed by atoms with Crippen LogP contribution < -0.4 is 5.73 Å². The van der Waals surface area contributed by atoms with Crippen molar-refractivity contribution >= 4 is 16.9 Å². The summed E-state index contributed by atoms with van der Waals surface area (Å²) in [7, 11) is 0. The van der Waals surface area contributed by atoms with Crippen molar-refractivity contribution in [2.75, 3.05) is 5.73 Å². The normalized spacial score (nSPS) is 12.0. The number of nitrogens with two attached hydrogens (primary N) is 1. The fourth-order valence-electron chi connectivity index (χ4n) is 2.46. The van der Waals surface area contributed by atoms with Crippen LogP contribution in [0.25, 0.3) is 22.2 Å². The molecule has 0 spiro atoms. The van der Waals surface area contributed by atoms with Crippen molar-refractivity contribution < 1.29 is 5.11 Å². The Kier molecular flexibility index (Phi) is 2.86. The standard InChI is InChI=1S/C16H18N4O/c1-16(2,3)20-8-12(10-4-6-11(21)7-5-10)13-14(17)18-9-19-15(13)20/h4-9,21H,1-3H3,(H2,17,18,19). The van der Waals surface area contributed by atoms with E-state index < -0.39 is 0 Å². The quantitative estimate of drug-likeness (QED) is 0.719. The minimum Gasteiger partial charge on any atom is -0.508 e. The molecule has 2 heterocycles. The maximum absolute atomic E-state index is 9.45. The van der Waals surface area contributed by atoms with Gasteiger partial charge in [-0.25, -0.2) is 9.97 Å². The summed E-state index contributed by atoms with van der Waals surface area (Å²) in [6.45, 7) is 6.35. The molecule has 0 amide bonds. The van der Waals surface area contributed by atoms with Gasteiger partial charge in [0.15, 0.2) is 0 Å². The highest BCUT2D eigenvalue weighted by atomic mass is 16.3. The molecule has 0 aliphatic carbocycles. The molecule has 0 fully saturated rings. The van der Waals surface area contributed by atoms with Crippen LogP contribution in [0.4, 0.5) is 5.82 Å². The number of hydrogen-bond acceptors (Lipinski definition) is 4. The molecular weight excluding hydrogens is 264 g/mol. The second kappa shape index (κ2) is 4.48. The predicted octanol–water partition coefficient (Wildman–Crippen LogP) is 3.14. The molecule has 3 rings (SSSR count). The molecule has 0 saturated heterocycles. The van der Waals surface area contributed by atoms with Crippen molar-refractivity contribution in [3.05, 3.63) is 36.8 Å². The first-order valence-electron chi connectivity index (χ1n) is 6.79. The molecule has 0 aliphatic heterocycles. The minimum absolute atomic E-state index is 0.117. The minimum atomic E-state index is -0.117. The van der Waals surface area contributed by atoms with Gasteiger partial charge in [0.2, 0.25) is 0 Å². The van der Waals surface area contributed by atoms with Gasteiger partial charge in [0, 0.05) is 17.3 Å². The van der Waals surface area contributed by atoms with Crippen LogP contribution in [-0.4, -0.2) is 19.6 Å². The molecule has 0 unspecified atom stereocenters. The Hall–Kier alpha value is -2.56. The van der Waals surface area contributed by atoms with E-state index in [0.717, 1.165) is 22.2 Å². The Morgan fingerprint density at radius 2 is 1.76 bits per heavy atom. The fourth-order valence-corrected chi connectivity index (χ4v) is 2.46. The first-order chi connectivity index (χ1) is 9.88. The SMILES string of the molecule is CC(C)(C)n1cc(-c2ccc(O)cc2)c2c(N)ncnc21. The van der Waals surface area contributed by atoms with Crippen molar-refractivity contribution in [2.24, 2.45) is 0 Å². The summed E-state index contributed by atoms with van der Waals surface area (Å²) in [4.78, 5) is 8.51. The summed E-state index contributed by atoms with van der Waals surface area (Å²) < 4.78 is 2.10. The maximum Gasteiger partial charge on any atom is 0.146 e. The van der Waals surface area contributed by atoms with E-state index in [4.69, 9.17) is 5.73 Å². The lowest BCUT2D eigenvalue weighted by molar-refractivity contribution is 0.408. The predicted molar refractivity (Wildman–Crippen MR) is 84.0 cm³/mol. The molecule has 2 aromatic heterocycles. The van der Waals surface area contributed by atoms with Crippen LogP contribution in [0, 0.1) is 0 Å². The summed E-state index contributed by atoms with van der Waals surface area (Å²) in [5.74, 6) is 0.702. The van der Waals surface area contributed by atoms with E-state index in [0.29, 0.717) is 5.82 Å². The van der Waals surface area contributed by atoms with Crippen LogP contribution in [0.15, 0.2) is 36.8 Å². The molecule has 1 aromatic carbocycles. The second-order valence-electron chi connectivity index (χ2n) is 6.09. The number of hydrogen-bond donors (Lipinski definition) is 2. The average Bonchev–Trinajstić information content (AvgIpc) is 2.80. The molecule has 0 aliphatic rings. The third kappa shape index (κ3) is 2.20. The molecule has 0 bridgehead atoms. The highest BCUT2D eigenvalue weighted by Gasteiger charge is 2.21. The van der Waals surface area contributed by atoms with E-state index in [1.807, 2.05) is 18.3 Å².